The number of ether oxygens (including phenoxy) is 1. The molecule has 3 rings (SSSR count). The first-order valence-corrected chi connectivity index (χ1v) is 13.0. The van der Waals surface area contributed by atoms with E-state index in [4.69, 9.17) is 16.3 Å². The highest BCUT2D eigenvalue weighted by Crippen LogP contribution is 2.25. The van der Waals surface area contributed by atoms with E-state index in [9.17, 15) is 13.2 Å². The number of hydrogen-bond donors (Lipinski definition) is 1. The van der Waals surface area contributed by atoms with Crippen molar-refractivity contribution in [2.45, 2.75) is 43.9 Å². The number of piperidine rings is 1. The Labute approximate surface area is 196 Å². The Hall–Kier alpha value is -2.09. The highest BCUT2D eigenvalue weighted by Gasteiger charge is 2.31. The molecule has 0 unspecified atom stereocenters. The van der Waals surface area contributed by atoms with Crippen LogP contribution in [0.15, 0.2) is 53.4 Å². The molecular weight excluding hydrogens is 448 g/mol. The number of amides is 1. The Morgan fingerprint density at radius 3 is 2.38 bits per heavy atom. The van der Waals surface area contributed by atoms with E-state index < -0.39 is 10.0 Å². The number of unbranched alkanes of at least 4 members (excludes halogenated alkanes) is 1. The molecule has 1 heterocycles. The lowest BCUT2D eigenvalue weighted by atomic mass is 9.97. The molecule has 0 radical (unpaired) electrons. The van der Waals surface area contributed by atoms with Gasteiger partial charge in [0.1, 0.15) is 5.75 Å². The minimum atomic E-state index is -3.56. The summed E-state index contributed by atoms with van der Waals surface area (Å²) in [6, 6.07) is 14.1. The molecule has 1 aliphatic rings. The van der Waals surface area contributed by atoms with Crippen LogP contribution in [0.4, 0.5) is 0 Å². The molecule has 0 aromatic heterocycles. The summed E-state index contributed by atoms with van der Waals surface area (Å²) in [5.41, 5.74) is 1.14. The van der Waals surface area contributed by atoms with Crippen molar-refractivity contribution in [3.05, 3.63) is 59.1 Å². The van der Waals surface area contributed by atoms with Gasteiger partial charge in [0.05, 0.1) is 11.5 Å². The SMILES string of the molecule is CCCCOc1ccc(CCNC(=O)C2CCN(S(=O)(=O)c3ccc(Cl)cc3)CC2)cc1. The number of nitrogens with one attached hydrogen (secondary N) is 1. The third kappa shape index (κ3) is 6.70. The van der Waals surface area contributed by atoms with Crippen molar-refractivity contribution in [2.24, 2.45) is 5.92 Å². The van der Waals surface area contributed by atoms with Crippen LogP contribution in [0.5, 0.6) is 5.75 Å². The summed E-state index contributed by atoms with van der Waals surface area (Å²) in [6.45, 7) is 4.09. The normalized spacial score (nSPS) is 15.4. The summed E-state index contributed by atoms with van der Waals surface area (Å²) in [4.78, 5) is 12.8. The van der Waals surface area contributed by atoms with E-state index in [0.717, 1.165) is 37.2 Å². The molecule has 2 aromatic rings. The molecule has 8 heteroatoms. The van der Waals surface area contributed by atoms with Gasteiger partial charge in [-0.3, -0.25) is 4.79 Å². The number of rotatable bonds is 10. The van der Waals surface area contributed by atoms with Crippen molar-refractivity contribution in [2.75, 3.05) is 26.2 Å². The number of halogens is 1. The summed E-state index contributed by atoms with van der Waals surface area (Å²) in [5, 5.41) is 3.49. The van der Waals surface area contributed by atoms with Crippen molar-refractivity contribution >= 4 is 27.5 Å². The van der Waals surface area contributed by atoms with Gasteiger partial charge in [0.25, 0.3) is 0 Å². The lowest BCUT2D eigenvalue weighted by Crippen LogP contribution is -2.43. The van der Waals surface area contributed by atoms with Gasteiger partial charge in [0.2, 0.25) is 15.9 Å². The molecule has 0 bridgehead atoms. The summed E-state index contributed by atoms with van der Waals surface area (Å²) in [6.07, 6.45) is 3.92. The predicted octanol–water partition coefficient (Wildman–Crippen LogP) is 4.28. The number of sulfonamides is 1. The van der Waals surface area contributed by atoms with E-state index in [1.165, 1.54) is 16.4 Å². The average Bonchev–Trinajstić information content (AvgIpc) is 2.80. The number of hydrogen-bond acceptors (Lipinski definition) is 4. The topological polar surface area (TPSA) is 75.7 Å². The van der Waals surface area contributed by atoms with Gasteiger partial charge >= 0.3 is 0 Å². The monoisotopic (exact) mass is 478 g/mol. The molecule has 0 aliphatic carbocycles. The van der Waals surface area contributed by atoms with E-state index in [1.807, 2.05) is 24.3 Å². The number of carbonyl (C=O) groups excluding carboxylic acids is 1. The van der Waals surface area contributed by atoms with Crippen LogP contribution in [0.2, 0.25) is 5.02 Å². The van der Waals surface area contributed by atoms with Crippen LogP contribution < -0.4 is 10.1 Å². The summed E-state index contributed by atoms with van der Waals surface area (Å²) in [5.74, 6) is 0.695. The lowest BCUT2D eigenvalue weighted by Gasteiger charge is -2.30. The van der Waals surface area contributed by atoms with Crippen LogP contribution in [0.3, 0.4) is 0 Å². The van der Waals surface area contributed by atoms with Gasteiger partial charge in [-0.15, -0.1) is 0 Å². The quantitative estimate of drug-likeness (QED) is 0.517. The number of benzene rings is 2. The van der Waals surface area contributed by atoms with Gasteiger partial charge in [-0.05, 0) is 67.6 Å². The molecule has 1 saturated heterocycles. The summed E-state index contributed by atoms with van der Waals surface area (Å²) >= 11 is 5.85. The van der Waals surface area contributed by atoms with Gasteiger partial charge in [0, 0.05) is 30.6 Å². The fraction of sp³-hybridized carbons (Fsp3) is 0.458. The van der Waals surface area contributed by atoms with Crippen molar-refractivity contribution in [3.8, 4) is 5.75 Å². The second-order valence-electron chi connectivity index (χ2n) is 8.02. The van der Waals surface area contributed by atoms with Crippen LogP contribution in [0, 0.1) is 5.92 Å². The Morgan fingerprint density at radius 1 is 1.09 bits per heavy atom. The molecule has 1 N–H and O–H groups in total. The first-order chi connectivity index (χ1) is 15.4. The predicted molar refractivity (Wildman–Crippen MR) is 126 cm³/mol. The first kappa shape index (κ1) is 24.6. The highest BCUT2D eigenvalue weighted by atomic mass is 35.5. The van der Waals surface area contributed by atoms with E-state index >= 15 is 0 Å². The van der Waals surface area contributed by atoms with E-state index in [-0.39, 0.29) is 16.7 Å². The smallest absolute Gasteiger partial charge is 0.243 e. The van der Waals surface area contributed by atoms with Gasteiger partial charge in [0.15, 0.2) is 0 Å². The molecule has 2 aromatic carbocycles. The maximum absolute atomic E-state index is 12.8. The van der Waals surface area contributed by atoms with Gasteiger partial charge in [-0.25, -0.2) is 8.42 Å². The van der Waals surface area contributed by atoms with Crippen molar-refractivity contribution in [1.82, 2.24) is 9.62 Å². The average molecular weight is 479 g/mol. The summed E-state index contributed by atoms with van der Waals surface area (Å²) < 4.78 is 32.7. The van der Waals surface area contributed by atoms with E-state index in [1.54, 1.807) is 12.1 Å². The van der Waals surface area contributed by atoms with Crippen molar-refractivity contribution in [1.29, 1.82) is 0 Å². The Bertz CT molecular complexity index is 970. The Balaban J connectivity index is 1.41. The molecule has 174 valence electrons. The fourth-order valence-corrected chi connectivity index (χ4v) is 5.27. The summed E-state index contributed by atoms with van der Waals surface area (Å²) in [7, 11) is -3.56. The second-order valence-corrected chi connectivity index (χ2v) is 10.4. The molecule has 0 spiro atoms. The number of carbonyl (C=O) groups is 1. The van der Waals surface area contributed by atoms with Crippen LogP contribution >= 0.6 is 11.6 Å². The fourth-order valence-electron chi connectivity index (χ4n) is 3.68. The van der Waals surface area contributed by atoms with E-state index in [0.29, 0.717) is 37.5 Å². The molecular formula is C24H31ClN2O4S. The zero-order chi connectivity index (χ0) is 23.0. The number of nitrogens with zero attached hydrogens (tertiary/aromatic N) is 1. The molecule has 32 heavy (non-hydrogen) atoms. The third-order valence-electron chi connectivity index (χ3n) is 5.68. The van der Waals surface area contributed by atoms with Crippen LogP contribution in [-0.4, -0.2) is 44.9 Å². The van der Waals surface area contributed by atoms with Gasteiger partial charge in [-0.2, -0.15) is 4.31 Å². The van der Waals surface area contributed by atoms with Gasteiger partial charge in [-0.1, -0.05) is 37.1 Å². The van der Waals surface area contributed by atoms with Gasteiger partial charge < -0.3 is 10.1 Å². The van der Waals surface area contributed by atoms with Crippen LogP contribution in [0.1, 0.15) is 38.2 Å². The van der Waals surface area contributed by atoms with Crippen LogP contribution in [-0.2, 0) is 21.2 Å². The van der Waals surface area contributed by atoms with Crippen LogP contribution in [0.25, 0.3) is 0 Å². The zero-order valence-electron chi connectivity index (χ0n) is 18.4. The molecule has 1 aliphatic heterocycles. The molecule has 1 fully saturated rings. The molecule has 0 saturated carbocycles. The molecule has 6 nitrogen and oxygen atoms in total. The standard InChI is InChI=1S/C24H31ClN2O4S/c1-2-3-18-31-22-8-4-19(5-9-22)12-15-26-24(28)20-13-16-27(17-14-20)32(29,30)23-10-6-21(25)7-11-23/h4-11,20H,2-3,12-18H2,1H3,(H,26,28). The van der Waals surface area contributed by atoms with E-state index in [2.05, 4.69) is 12.2 Å². The van der Waals surface area contributed by atoms with Crippen molar-refractivity contribution in [3.63, 3.8) is 0 Å². The maximum Gasteiger partial charge on any atom is 0.243 e. The third-order valence-corrected chi connectivity index (χ3v) is 7.84. The zero-order valence-corrected chi connectivity index (χ0v) is 20.0. The Morgan fingerprint density at radius 2 is 1.75 bits per heavy atom. The maximum atomic E-state index is 12.8. The lowest BCUT2D eigenvalue weighted by molar-refractivity contribution is -0.126. The molecule has 1 amide bonds. The molecule has 0 atom stereocenters. The minimum absolute atomic E-state index is 0.00643. The highest BCUT2D eigenvalue weighted by molar-refractivity contribution is 7.89. The van der Waals surface area contributed by atoms with Crippen molar-refractivity contribution < 1.29 is 17.9 Å². The first-order valence-electron chi connectivity index (χ1n) is 11.2. The second kappa shape index (κ2) is 11.7. The Kier molecular flexibility index (Phi) is 8.96. The largest absolute Gasteiger partial charge is 0.494 e. The minimum Gasteiger partial charge on any atom is -0.494 e.